The lowest BCUT2D eigenvalue weighted by atomic mass is 10.2. The number of rotatable bonds is 5. The molecule has 1 aliphatic heterocycles. The summed E-state index contributed by atoms with van der Waals surface area (Å²) in [6.45, 7) is 6.63. The molecule has 0 spiro atoms. The molecule has 1 aliphatic rings. The second-order valence-electron chi connectivity index (χ2n) is 6.02. The predicted molar refractivity (Wildman–Crippen MR) is 94.7 cm³/mol. The molecule has 0 unspecified atom stereocenters. The zero-order chi connectivity index (χ0) is 17.9. The number of aliphatic imine (C=N–C) groups is 1. The molecule has 130 valence electrons. The van der Waals surface area contributed by atoms with E-state index in [1.165, 1.54) is 31.0 Å². The number of esters is 1. The molecular weight excluding hydrogens is 330 g/mol. The number of nitro groups is 1. The fourth-order valence-corrected chi connectivity index (χ4v) is 3.62. The molecule has 0 amide bonds. The maximum Gasteiger partial charge on any atom is 0.329 e. The summed E-state index contributed by atoms with van der Waals surface area (Å²) in [6.07, 6.45) is 0. The molecule has 0 N–H and O–H groups in total. The van der Waals surface area contributed by atoms with Crippen LogP contribution in [0.2, 0.25) is 0 Å². The standard InChI is InChI=1S/C16H21N3O4S/c1-10(2)8-18-14(15(20)23-4)9-24-16(18)17-13-6-5-12(19(21)22)7-11(13)3/h5-7,10,14H,8-9H2,1-4H3/t14-/m1/s1. The molecule has 0 bridgehead atoms. The first-order valence-corrected chi connectivity index (χ1v) is 8.63. The predicted octanol–water partition coefficient (Wildman–Crippen LogP) is 3.14. The van der Waals surface area contributed by atoms with E-state index >= 15 is 0 Å². The van der Waals surface area contributed by atoms with Crippen molar-refractivity contribution >= 4 is 34.3 Å². The minimum Gasteiger partial charge on any atom is -0.467 e. The van der Waals surface area contributed by atoms with Crippen LogP contribution in [0.3, 0.4) is 0 Å². The maximum atomic E-state index is 12.0. The van der Waals surface area contributed by atoms with Gasteiger partial charge in [0.1, 0.15) is 6.04 Å². The average molecular weight is 351 g/mol. The van der Waals surface area contributed by atoms with Crippen molar-refractivity contribution in [2.24, 2.45) is 10.9 Å². The molecule has 0 aliphatic carbocycles. The zero-order valence-electron chi connectivity index (χ0n) is 14.2. The van der Waals surface area contributed by atoms with Crippen molar-refractivity contribution in [1.29, 1.82) is 0 Å². The Morgan fingerprint density at radius 1 is 1.54 bits per heavy atom. The van der Waals surface area contributed by atoms with Crippen molar-refractivity contribution in [1.82, 2.24) is 4.90 Å². The smallest absolute Gasteiger partial charge is 0.329 e. The highest BCUT2D eigenvalue weighted by Gasteiger charge is 2.36. The van der Waals surface area contributed by atoms with E-state index < -0.39 is 4.92 Å². The van der Waals surface area contributed by atoms with Crippen LogP contribution in [0, 0.1) is 23.0 Å². The summed E-state index contributed by atoms with van der Waals surface area (Å²) in [5, 5.41) is 11.6. The number of amidine groups is 1. The molecule has 0 aromatic heterocycles. The molecule has 0 saturated carbocycles. The molecule has 24 heavy (non-hydrogen) atoms. The lowest BCUT2D eigenvalue weighted by Gasteiger charge is -2.25. The van der Waals surface area contributed by atoms with Crippen LogP contribution in [0.15, 0.2) is 23.2 Å². The average Bonchev–Trinajstić information content (AvgIpc) is 2.90. The number of nitrogens with zero attached hydrogens (tertiary/aromatic N) is 3. The third-order valence-corrected chi connectivity index (χ3v) is 4.70. The summed E-state index contributed by atoms with van der Waals surface area (Å²) in [5.74, 6) is 0.678. The first kappa shape index (κ1) is 18.3. The van der Waals surface area contributed by atoms with Crippen molar-refractivity contribution in [3.63, 3.8) is 0 Å². The molecular formula is C16H21N3O4S. The number of hydrogen-bond acceptors (Lipinski definition) is 6. The lowest BCUT2D eigenvalue weighted by molar-refractivity contribution is -0.384. The fraction of sp³-hybridized carbons (Fsp3) is 0.500. The Morgan fingerprint density at radius 2 is 2.25 bits per heavy atom. The molecule has 2 rings (SSSR count). The van der Waals surface area contributed by atoms with Crippen LogP contribution in [0.5, 0.6) is 0 Å². The normalized spacial score (nSPS) is 19.1. The summed E-state index contributed by atoms with van der Waals surface area (Å²) >= 11 is 1.50. The molecule has 7 nitrogen and oxygen atoms in total. The monoisotopic (exact) mass is 351 g/mol. The van der Waals surface area contributed by atoms with Crippen molar-refractivity contribution < 1.29 is 14.5 Å². The van der Waals surface area contributed by atoms with Crippen molar-refractivity contribution in [3.8, 4) is 0 Å². The van der Waals surface area contributed by atoms with Gasteiger partial charge in [0.15, 0.2) is 5.17 Å². The number of aryl methyl sites for hydroxylation is 1. The number of benzene rings is 1. The fourth-order valence-electron chi connectivity index (χ4n) is 2.47. The van der Waals surface area contributed by atoms with E-state index in [9.17, 15) is 14.9 Å². The van der Waals surface area contributed by atoms with Gasteiger partial charge in [-0.05, 0) is 24.5 Å². The Morgan fingerprint density at radius 3 is 2.79 bits per heavy atom. The van der Waals surface area contributed by atoms with Crippen LogP contribution in [0.1, 0.15) is 19.4 Å². The van der Waals surface area contributed by atoms with Crippen LogP contribution >= 0.6 is 11.8 Å². The van der Waals surface area contributed by atoms with Crippen molar-refractivity contribution in [2.45, 2.75) is 26.8 Å². The van der Waals surface area contributed by atoms with E-state index in [0.717, 1.165) is 10.7 Å². The van der Waals surface area contributed by atoms with Gasteiger partial charge in [0.2, 0.25) is 0 Å². The van der Waals surface area contributed by atoms with Crippen LogP contribution in [-0.2, 0) is 9.53 Å². The highest BCUT2D eigenvalue weighted by molar-refractivity contribution is 8.14. The van der Waals surface area contributed by atoms with Gasteiger partial charge in [-0.3, -0.25) is 10.1 Å². The minimum absolute atomic E-state index is 0.0435. The molecule has 1 atom stereocenters. The van der Waals surface area contributed by atoms with Gasteiger partial charge >= 0.3 is 5.97 Å². The molecule has 1 aromatic carbocycles. The number of nitro benzene ring substituents is 1. The lowest BCUT2D eigenvalue weighted by Crippen LogP contribution is -2.42. The van der Waals surface area contributed by atoms with Crippen LogP contribution in [0.25, 0.3) is 0 Å². The largest absolute Gasteiger partial charge is 0.467 e. The maximum absolute atomic E-state index is 12.0. The highest BCUT2D eigenvalue weighted by Crippen LogP contribution is 2.31. The Kier molecular flexibility index (Phi) is 5.82. The molecule has 0 radical (unpaired) electrons. The van der Waals surface area contributed by atoms with E-state index in [4.69, 9.17) is 4.74 Å². The summed E-state index contributed by atoms with van der Waals surface area (Å²) < 4.78 is 4.89. The summed E-state index contributed by atoms with van der Waals surface area (Å²) in [5.41, 5.74) is 1.44. The van der Waals surface area contributed by atoms with Gasteiger partial charge in [-0.15, -0.1) is 0 Å². The number of carbonyl (C=O) groups excluding carboxylic acids is 1. The van der Waals surface area contributed by atoms with Crippen LogP contribution < -0.4 is 0 Å². The van der Waals surface area contributed by atoms with Gasteiger partial charge in [0.05, 0.1) is 17.7 Å². The third-order valence-electron chi connectivity index (χ3n) is 3.63. The molecule has 1 aromatic rings. The Hall–Kier alpha value is -2.09. The number of carbonyl (C=O) groups is 1. The Labute approximate surface area is 145 Å². The second-order valence-corrected chi connectivity index (χ2v) is 7.01. The van der Waals surface area contributed by atoms with Gasteiger partial charge in [0, 0.05) is 24.4 Å². The Balaban J connectivity index is 2.33. The van der Waals surface area contributed by atoms with Gasteiger partial charge in [-0.1, -0.05) is 25.6 Å². The third kappa shape index (κ3) is 4.05. The van der Waals surface area contributed by atoms with Crippen LogP contribution in [0.4, 0.5) is 11.4 Å². The van der Waals surface area contributed by atoms with E-state index in [1.54, 1.807) is 13.0 Å². The topological polar surface area (TPSA) is 85.0 Å². The van der Waals surface area contributed by atoms with Crippen molar-refractivity contribution in [2.75, 3.05) is 19.4 Å². The summed E-state index contributed by atoms with van der Waals surface area (Å²) in [4.78, 5) is 29.0. The van der Waals surface area contributed by atoms with Crippen LogP contribution in [-0.4, -0.2) is 46.4 Å². The van der Waals surface area contributed by atoms with Gasteiger partial charge < -0.3 is 9.64 Å². The second kappa shape index (κ2) is 7.65. The molecule has 1 heterocycles. The van der Waals surface area contributed by atoms with Crippen molar-refractivity contribution in [3.05, 3.63) is 33.9 Å². The summed E-state index contributed by atoms with van der Waals surface area (Å²) in [7, 11) is 1.39. The quantitative estimate of drug-likeness (QED) is 0.460. The van der Waals surface area contributed by atoms with E-state index in [-0.39, 0.29) is 17.7 Å². The number of methoxy groups -OCH3 is 1. The molecule has 8 heteroatoms. The minimum atomic E-state index is -0.424. The molecule has 1 saturated heterocycles. The van der Waals surface area contributed by atoms with E-state index in [2.05, 4.69) is 18.8 Å². The van der Waals surface area contributed by atoms with Gasteiger partial charge in [-0.25, -0.2) is 9.79 Å². The van der Waals surface area contributed by atoms with Gasteiger partial charge in [-0.2, -0.15) is 0 Å². The number of ether oxygens (including phenoxy) is 1. The molecule has 1 fully saturated rings. The SMILES string of the molecule is COC(=O)[C@H]1CSC(=Nc2ccc([N+](=O)[O-])cc2C)N1CC(C)C. The van der Waals surface area contributed by atoms with E-state index in [1.807, 2.05) is 4.90 Å². The Bertz CT molecular complexity index is 675. The number of non-ortho nitro benzene ring substituents is 1. The summed E-state index contributed by atoms with van der Waals surface area (Å²) in [6, 6.07) is 4.24. The first-order chi connectivity index (χ1) is 11.3. The highest BCUT2D eigenvalue weighted by atomic mass is 32.2. The number of thioether (sulfide) groups is 1. The van der Waals surface area contributed by atoms with E-state index in [0.29, 0.717) is 23.9 Å². The van der Waals surface area contributed by atoms with Gasteiger partial charge in [0.25, 0.3) is 5.69 Å². The number of hydrogen-bond donors (Lipinski definition) is 0. The first-order valence-electron chi connectivity index (χ1n) is 7.64. The zero-order valence-corrected chi connectivity index (χ0v) is 15.0.